The van der Waals surface area contributed by atoms with E-state index in [1.54, 1.807) is 0 Å². The van der Waals surface area contributed by atoms with E-state index in [4.69, 9.17) is 15.7 Å². The molecule has 18 heavy (non-hydrogen) atoms. The summed E-state index contributed by atoms with van der Waals surface area (Å²) in [4.78, 5) is 0. The molecule has 5 nitrogen and oxygen atoms in total. The van der Waals surface area contributed by atoms with E-state index in [0.29, 0.717) is 13.2 Å². The molecule has 1 atom stereocenters. The average molecular weight is 251 g/mol. The maximum atomic E-state index is 8.59. The van der Waals surface area contributed by atoms with Crippen molar-refractivity contribution in [1.29, 1.82) is 0 Å². The van der Waals surface area contributed by atoms with Gasteiger partial charge in [-0.15, -0.1) is 0 Å². The monoisotopic (exact) mass is 251 g/mol. The van der Waals surface area contributed by atoms with E-state index in [9.17, 15) is 0 Å². The van der Waals surface area contributed by atoms with Crippen molar-refractivity contribution in [2.75, 3.05) is 13.2 Å². The highest BCUT2D eigenvalue weighted by Gasteiger charge is 2.09. The van der Waals surface area contributed by atoms with Crippen molar-refractivity contribution in [2.45, 2.75) is 26.3 Å². The number of aryl methyl sites for hydroxylation is 1. The van der Waals surface area contributed by atoms with Gasteiger partial charge < -0.3 is 21.0 Å². The van der Waals surface area contributed by atoms with Gasteiger partial charge in [-0.25, -0.2) is 0 Å². The summed E-state index contributed by atoms with van der Waals surface area (Å²) < 4.78 is 5.59. The molecule has 100 valence electrons. The number of benzene rings is 1. The summed E-state index contributed by atoms with van der Waals surface area (Å²) in [6, 6.07) is 7.78. The van der Waals surface area contributed by atoms with Gasteiger partial charge in [-0.2, -0.15) is 0 Å². The lowest BCUT2D eigenvalue weighted by Crippen LogP contribution is -2.42. The second-order valence-corrected chi connectivity index (χ2v) is 4.10. The van der Waals surface area contributed by atoms with E-state index in [2.05, 4.69) is 10.5 Å². The Hall–Kier alpha value is -1.75. The molecule has 0 saturated carbocycles. The number of hydrogen-bond donors (Lipinski definition) is 3. The maximum Gasteiger partial charge on any atom is 0.156 e. The molecule has 0 spiro atoms. The molecule has 0 aliphatic carbocycles. The first kappa shape index (κ1) is 14.3. The molecule has 0 amide bonds. The molecule has 4 N–H and O–H groups in total. The fourth-order valence-corrected chi connectivity index (χ4v) is 1.63. The van der Waals surface area contributed by atoms with Gasteiger partial charge in [0.25, 0.3) is 0 Å². The van der Waals surface area contributed by atoms with E-state index in [0.717, 1.165) is 12.2 Å². The van der Waals surface area contributed by atoms with Gasteiger partial charge in [0.2, 0.25) is 0 Å². The third-order valence-corrected chi connectivity index (χ3v) is 2.63. The topological polar surface area (TPSA) is 79.9 Å². The van der Waals surface area contributed by atoms with Gasteiger partial charge >= 0.3 is 0 Å². The standard InChI is InChI=1S/C13H21N3O2/c1-3-12(13(14)16-17)15-7-8-18-11-6-4-5-10(2)9-11/h4-6,9,12,15,17H,3,7-8H2,1-2H3,(H2,14,16). The number of amidine groups is 1. The van der Waals surface area contributed by atoms with Gasteiger partial charge in [-0.05, 0) is 31.0 Å². The quantitative estimate of drug-likeness (QED) is 0.225. The zero-order valence-corrected chi connectivity index (χ0v) is 10.9. The van der Waals surface area contributed by atoms with Crippen LogP contribution in [0, 0.1) is 6.92 Å². The zero-order valence-electron chi connectivity index (χ0n) is 10.9. The van der Waals surface area contributed by atoms with Crippen LogP contribution in [0.2, 0.25) is 0 Å². The predicted octanol–water partition coefficient (Wildman–Crippen LogP) is 1.49. The molecule has 0 heterocycles. The van der Waals surface area contributed by atoms with E-state index < -0.39 is 0 Å². The first-order valence-electron chi connectivity index (χ1n) is 6.07. The summed E-state index contributed by atoms with van der Waals surface area (Å²) in [6.45, 7) is 5.18. The molecule has 0 saturated heterocycles. The smallest absolute Gasteiger partial charge is 0.156 e. The Labute approximate surface area is 108 Å². The van der Waals surface area contributed by atoms with Crippen molar-refractivity contribution in [3.05, 3.63) is 29.8 Å². The van der Waals surface area contributed by atoms with Crippen LogP contribution in [0.3, 0.4) is 0 Å². The molecule has 0 aliphatic rings. The molecule has 0 aliphatic heterocycles. The van der Waals surface area contributed by atoms with Crippen molar-refractivity contribution in [1.82, 2.24) is 5.32 Å². The average Bonchev–Trinajstić information content (AvgIpc) is 2.38. The van der Waals surface area contributed by atoms with Gasteiger partial charge in [0.05, 0.1) is 6.04 Å². The Morgan fingerprint density at radius 2 is 2.33 bits per heavy atom. The summed E-state index contributed by atoms with van der Waals surface area (Å²) in [7, 11) is 0. The number of hydrogen-bond acceptors (Lipinski definition) is 4. The number of nitrogens with zero attached hydrogens (tertiary/aromatic N) is 1. The largest absolute Gasteiger partial charge is 0.492 e. The van der Waals surface area contributed by atoms with Crippen LogP contribution in [0.25, 0.3) is 0 Å². The van der Waals surface area contributed by atoms with Crippen LogP contribution in [0.4, 0.5) is 0 Å². The van der Waals surface area contributed by atoms with E-state index in [1.165, 1.54) is 5.56 Å². The summed E-state index contributed by atoms with van der Waals surface area (Å²) in [5.41, 5.74) is 6.71. The summed E-state index contributed by atoms with van der Waals surface area (Å²) >= 11 is 0. The fourth-order valence-electron chi connectivity index (χ4n) is 1.63. The lowest BCUT2D eigenvalue weighted by atomic mass is 10.2. The third-order valence-electron chi connectivity index (χ3n) is 2.63. The highest BCUT2D eigenvalue weighted by molar-refractivity contribution is 5.85. The van der Waals surface area contributed by atoms with Crippen molar-refractivity contribution >= 4 is 5.84 Å². The van der Waals surface area contributed by atoms with Crippen LogP contribution in [0.1, 0.15) is 18.9 Å². The Bertz CT molecular complexity index is 394. The summed E-state index contributed by atoms with van der Waals surface area (Å²) in [6.07, 6.45) is 0.764. The van der Waals surface area contributed by atoms with Crippen LogP contribution in [0.5, 0.6) is 5.75 Å². The molecular weight excluding hydrogens is 230 g/mol. The number of rotatable bonds is 7. The van der Waals surface area contributed by atoms with Crippen molar-refractivity contribution < 1.29 is 9.94 Å². The van der Waals surface area contributed by atoms with Crippen LogP contribution >= 0.6 is 0 Å². The van der Waals surface area contributed by atoms with Crippen molar-refractivity contribution in [3.8, 4) is 5.75 Å². The van der Waals surface area contributed by atoms with Gasteiger partial charge in [0.15, 0.2) is 5.84 Å². The molecule has 5 heteroatoms. The zero-order chi connectivity index (χ0) is 13.4. The molecule has 1 aromatic rings. The number of ether oxygens (including phenoxy) is 1. The number of nitrogens with one attached hydrogen (secondary N) is 1. The summed E-state index contributed by atoms with van der Waals surface area (Å²) in [5, 5.41) is 14.8. The van der Waals surface area contributed by atoms with Crippen LogP contribution in [0.15, 0.2) is 29.4 Å². The SMILES string of the molecule is CCC(NCCOc1cccc(C)c1)C(N)=NO. The second kappa shape index (κ2) is 7.55. The third kappa shape index (κ3) is 4.63. The van der Waals surface area contributed by atoms with E-state index >= 15 is 0 Å². The molecule has 0 bridgehead atoms. The molecular formula is C13H21N3O2. The van der Waals surface area contributed by atoms with E-state index in [-0.39, 0.29) is 11.9 Å². The molecule has 1 aromatic carbocycles. The second-order valence-electron chi connectivity index (χ2n) is 4.10. The van der Waals surface area contributed by atoms with Crippen LogP contribution < -0.4 is 15.8 Å². The highest BCUT2D eigenvalue weighted by atomic mass is 16.5. The minimum absolute atomic E-state index is 0.115. The normalized spacial score (nSPS) is 13.3. The highest BCUT2D eigenvalue weighted by Crippen LogP contribution is 2.11. The van der Waals surface area contributed by atoms with Gasteiger partial charge in [-0.3, -0.25) is 0 Å². The predicted molar refractivity (Wildman–Crippen MR) is 72.2 cm³/mol. The maximum absolute atomic E-state index is 8.59. The van der Waals surface area contributed by atoms with Crippen molar-refractivity contribution in [3.63, 3.8) is 0 Å². The molecule has 1 rings (SSSR count). The Balaban J connectivity index is 2.30. The number of oxime groups is 1. The first-order chi connectivity index (χ1) is 8.67. The lowest BCUT2D eigenvalue weighted by Gasteiger charge is -2.15. The van der Waals surface area contributed by atoms with Gasteiger partial charge in [-0.1, -0.05) is 24.2 Å². The number of nitrogens with two attached hydrogens (primary N) is 1. The Kier molecular flexibility index (Phi) is 6.00. The van der Waals surface area contributed by atoms with Crippen LogP contribution in [-0.4, -0.2) is 30.2 Å². The Morgan fingerprint density at radius 1 is 1.56 bits per heavy atom. The minimum atomic E-state index is -0.115. The molecule has 1 unspecified atom stereocenters. The fraction of sp³-hybridized carbons (Fsp3) is 0.462. The van der Waals surface area contributed by atoms with E-state index in [1.807, 2.05) is 38.1 Å². The lowest BCUT2D eigenvalue weighted by molar-refractivity contribution is 0.302. The van der Waals surface area contributed by atoms with Gasteiger partial charge in [0.1, 0.15) is 12.4 Å². The first-order valence-corrected chi connectivity index (χ1v) is 6.07. The van der Waals surface area contributed by atoms with Crippen molar-refractivity contribution in [2.24, 2.45) is 10.9 Å². The Morgan fingerprint density at radius 3 is 2.94 bits per heavy atom. The summed E-state index contributed by atoms with van der Waals surface area (Å²) in [5.74, 6) is 1.06. The molecule has 0 radical (unpaired) electrons. The van der Waals surface area contributed by atoms with Crippen LogP contribution in [-0.2, 0) is 0 Å². The molecule has 0 fully saturated rings. The van der Waals surface area contributed by atoms with Gasteiger partial charge in [0, 0.05) is 6.54 Å². The minimum Gasteiger partial charge on any atom is -0.492 e. The molecule has 0 aromatic heterocycles.